The highest BCUT2D eigenvalue weighted by molar-refractivity contribution is 5.27. The van der Waals surface area contributed by atoms with E-state index in [1.54, 1.807) is 12.3 Å². The molecule has 2 unspecified atom stereocenters. The van der Waals surface area contributed by atoms with Crippen molar-refractivity contribution in [3.05, 3.63) is 34.4 Å². The molecule has 6 rings (SSSR count). The lowest BCUT2D eigenvalue weighted by molar-refractivity contribution is -0.204. The predicted molar refractivity (Wildman–Crippen MR) is 127 cm³/mol. The smallest absolute Gasteiger partial charge is 0.335 e. The number of nitrogens with zero attached hydrogens (tertiary/aromatic N) is 1. The van der Waals surface area contributed by atoms with Gasteiger partial charge >= 0.3 is 5.63 Å². The summed E-state index contributed by atoms with van der Waals surface area (Å²) in [4.78, 5) is 14.2. The van der Waals surface area contributed by atoms with Crippen LogP contribution in [-0.2, 0) is 4.74 Å². The molecule has 5 nitrogen and oxygen atoms in total. The van der Waals surface area contributed by atoms with Gasteiger partial charge in [-0.05, 0) is 98.5 Å². The van der Waals surface area contributed by atoms with E-state index in [9.17, 15) is 9.90 Å². The van der Waals surface area contributed by atoms with Gasteiger partial charge in [-0.2, -0.15) is 0 Å². The molecule has 8 atom stereocenters. The Kier molecular flexibility index (Phi) is 5.36. The van der Waals surface area contributed by atoms with Crippen molar-refractivity contribution in [3.8, 4) is 0 Å². The van der Waals surface area contributed by atoms with Crippen molar-refractivity contribution < 1.29 is 14.3 Å². The lowest BCUT2D eigenvalue weighted by Gasteiger charge is -2.64. The quantitative estimate of drug-likeness (QED) is 0.707. The molecule has 0 amide bonds. The molecule has 1 aromatic heterocycles. The average Bonchev–Trinajstić information content (AvgIpc) is 3.11. The molecule has 5 aliphatic rings. The summed E-state index contributed by atoms with van der Waals surface area (Å²) < 4.78 is 10.8. The number of fused-ring (bicyclic) bond motifs is 5. The van der Waals surface area contributed by atoms with E-state index in [4.69, 9.17) is 9.15 Å². The van der Waals surface area contributed by atoms with Gasteiger partial charge in [0.2, 0.25) is 0 Å². The fourth-order valence-corrected chi connectivity index (χ4v) is 9.58. The van der Waals surface area contributed by atoms with Gasteiger partial charge in [-0.1, -0.05) is 13.8 Å². The third-order valence-corrected chi connectivity index (χ3v) is 11.5. The molecule has 1 saturated heterocycles. The molecule has 2 heterocycles. The van der Waals surface area contributed by atoms with E-state index in [-0.39, 0.29) is 17.0 Å². The third kappa shape index (κ3) is 3.25. The van der Waals surface area contributed by atoms with Gasteiger partial charge in [0.15, 0.2) is 0 Å². The van der Waals surface area contributed by atoms with Crippen molar-refractivity contribution in [2.45, 2.75) is 89.2 Å². The normalized spacial score (nSPS) is 48.0. The minimum Gasteiger partial charge on any atom is -0.431 e. The molecule has 4 aliphatic carbocycles. The van der Waals surface area contributed by atoms with Crippen LogP contribution in [0.25, 0.3) is 0 Å². The van der Waals surface area contributed by atoms with Gasteiger partial charge in [0.05, 0.1) is 25.1 Å². The molecule has 182 valence electrons. The predicted octanol–water partition coefficient (Wildman–Crippen LogP) is 4.58. The molecule has 0 bridgehead atoms. The zero-order valence-electron chi connectivity index (χ0n) is 20.4. The van der Waals surface area contributed by atoms with Crippen molar-refractivity contribution in [2.75, 3.05) is 26.3 Å². The highest BCUT2D eigenvalue weighted by Gasteiger charge is 2.67. The Morgan fingerprint density at radius 3 is 2.55 bits per heavy atom. The molecule has 1 N–H and O–H groups in total. The summed E-state index contributed by atoms with van der Waals surface area (Å²) >= 11 is 0. The van der Waals surface area contributed by atoms with Crippen LogP contribution in [0.15, 0.2) is 27.6 Å². The minimum absolute atomic E-state index is 0.137. The molecule has 33 heavy (non-hydrogen) atoms. The summed E-state index contributed by atoms with van der Waals surface area (Å²) in [5.74, 6) is 2.09. The highest BCUT2D eigenvalue weighted by Crippen LogP contribution is 2.70. The van der Waals surface area contributed by atoms with Crippen LogP contribution in [-0.4, -0.2) is 48.0 Å². The first kappa shape index (κ1) is 22.3. The molecule has 0 radical (unpaired) electrons. The lowest BCUT2D eigenvalue weighted by atomic mass is 9.43. The zero-order valence-corrected chi connectivity index (χ0v) is 20.4. The van der Waals surface area contributed by atoms with E-state index >= 15 is 0 Å². The molecule has 1 aromatic rings. The van der Waals surface area contributed by atoms with Gasteiger partial charge in [0.1, 0.15) is 0 Å². The lowest BCUT2D eigenvalue weighted by Crippen LogP contribution is -2.62. The number of aliphatic hydroxyl groups is 1. The summed E-state index contributed by atoms with van der Waals surface area (Å²) in [6, 6.07) is 4.20. The summed E-state index contributed by atoms with van der Waals surface area (Å²) in [7, 11) is 0. The van der Waals surface area contributed by atoms with Crippen molar-refractivity contribution in [2.24, 2.45) is 28.6 Å². The van der Waals surface area contributed by atoms with Crippen LogP contribution in [0, 0.1) is 28.6 Å². The van der Waals surface area contributed by atoms with E-state index in [2.05, 4.69) is 18.7 Å². The van der Waals surface area contributed by atoms with E-state index in [0.29, 0.717) is 17.3 Å². The standard InChI is InChI=1S/C28H41NO4/c1-26-10-7-21(29-13-15-32-16-14-29)17-20(26)4-5-24-23(26)8-11-27(2)22(9-12-28(24,27)31)19-3-6-25(30)33-18-19/h3,6,18,20-24,31H,4-5,7-17H2,1-2H3/t20-,21?,22-,23+,24-,26+,27-,28?/m1/s1. The molecule has 4 saturated carbocycles. The number of rotatable bonds is 2. The third-order valence-electron chi connectivity index (χ3n) is 11.5. The Labute approximate surface area is 197 Å². The number of hydrogen-bond acceptors (Lipinski definition) is 5. The first-order valence-electron chi connectivity index (χ1n) is 13.5. The van der Waals surface area contributed by atoms with Crippen molar-refractivity contribution in [3.63, 3.8) is 0 Å². The molecule has 1 aliphatic heterocycles. The summed E-state index contributed by atoms with van der Waals surface area (Å²) in [5, 5.41) is 12.4. The van der Waals surface area contributed by atoms with Crippen LogP contribution in [0.5, 0.6) is 0 Å². The number of morpholine rings is 1. The van der Waals surface area contributed by atoms with Crippen LogP contribution < -0.4 is 5.63 Å². The van der Waals surface area contributed by atoms with Crippen molar-refractivity contribution in [1.82, 2.24) is 4.90 Å². The second-order valence-electron chi connectivity index (χ2n) is 12.4. The molecule has 0 aromatic carbocycles. The molecular formula is C28H41NO4. The van der Waals surface area contributed by atoms with Gasteiger partial charge in [0.25, 0.3) is 0 Å². The summed E-state index contributed by atoms with van der Waals surface area (Å²) in [6.07, 6.45) is 12.2. The zero-order chi connectivity index (χ0) is 22.8. The van der Waals surface area contributed by atoms with Crippen molar-refractivity contribution in [1.29, 1.82) is 0 Å². The topological polar surface area (TPSA) is 62.9 Å². The monoisotopic (exact) mass is 455 g/mol. The Balaban J connectivity index is 1.24. The SMILES string of the molecule is C[C@]12CCC(N3CCOCC3)C[C@H]1CC[C@@H]1[C@@H]2CC[C@]2(C)[C@@H](c3ccc(=O)oc3)CCC12O. The first-order valence-corrected chi connectivity index (χ1v) is 13.5. The van der Waals surface area contributed by atoms with Gasteiger partial charge < -0.3 is 14.3 Å². The Morgan fingerprint density at radius 2 is 1.79 bits per heavy atom. The van der Waals surface area contributed by atoms with Crippen LogP contribution in [0.4, 0.5) is 0 Å². The first-order chi connectivity index (χ1) is 15.8. The number of ether oxygens (including phenoxy) is 1. The van der Waals surface area contributed by atoms with E-state index in [0.717, 1.165) is 63.1 Å². The maximum atomic E-state index is 12.4. The maximum Gasteiger partial charge on any atom is 0.335 e. The fourth-order valence-electron chi connectivity index (χ4n) is 9.58. The largest absolute Gasteiger partial charge is 0.431 e. The second-order valence-corrected chi connectivity index (χ2v) is 12.4. The van der Waals surface area contributed by atoms with Crippen LogP contribution in [0.1, 0.15) is 83.1 Å². The maximum absolute atomic E-state index is 12.4. The Hall–Kier alpha value is -1.17. The Bertz CT molecular complexity index is 920. The Morgan fingerprint density at radius 1 is 0.970 bits per heavy atom. The van der Waals surface area contributed by atoms with Gasteiger partial charge in [-0.15, -0.1) is 0 Å². The number of hydrogen-bond donors (Lipinski definition) is 1. The van der Waals surface area contributed by atoms with Gasteiger partial charge in [-0.3, -0.25) is 4.90 Å². The summed E-state index contributed by atoms with van der Waals surface area (Å²) in [5.41, 5.74) is 0.422. The van der Waals surface area contributed by atoms with Crippen LogP contribution >= 0.6 is 0 Å². The van der Waals surface area contributed by atoms with Crippen LogP contribution in [0.2, 0.25) is 0 Å². The average molecular weight is 456 g/mol. The van der Waals surface area contributed by atoms with Crippen LogP contribution in [0.3, 0.4) is 0 Å². The summed E-state index contributed by atoms with van der Waals surface area (Å²) in [6.45, 7) is 8.88. The molecular weight excluding hydrogens is 414 g/mol. The highest BCUT2D eigenvalue weighted by atomic mass is 16.5. The van der Waals surface area contributed by atoms with Gasteiger partial charge in [0, 0.05) is 30.6 Å². The molecule has 5 fully saturated rings. The minimum atomic E-state index is -0.605. The van der Waals surface area contributed by atoms with E-state index < -0.39 is 5.60 Å². The fraction of sp³-hybridized carbons (Fsp3) is 0.821. The van der Waals surface area contributed by atoms with E-state index in [1.807, 2.05) is 6.07 Å². The van der Waals surface area contributed by atoms with E-state index in [1.165, 1.54) is 38.5 Å². The second kappa shape index (κ2) is 7.93. The molecule has 5 heteroatoms. The molecule has 0 spiro atoms. The van der Waals surface area contributed by atoms with Crippen molar-refractivity contribution >= 4 is 0 Å². The van der Waals surface area contributed by atoms with Gasteiger partial charge in [-0.25, -0.2) is 4.79 Å².